The molecule has 3 aromatic rings. The maximum absolute atomic E-state index is 13.7. The van der Waals surface area contributed by atoms with Crippen LogP contribution in [0.2, 0.25) is 0 Å². The van der Waals surface area contributed by atoms with Gasteiger partial charge in [-0.05, 0) is 24.3 Å². The highest BCUT2D eigenvalue weighted by molar-refractivity contribution is 7.11. The SMILES string of the molecule is N#CC(=Cc1ccccc1F)c1nc(-c2ccncc2)cs1. The van der Waals surface area contributed by atoms with Gasteiger partial charge in [0.25, 0.3) is 0 Å². The molecule has 3 rings (SSSR count). The monoisotopic (exact) mass is 307 g/mol. The second kappa shape index (κ2) is 6.29. The van der Waals surface area contributed by atoms with Crippen LogP contribution in [0.1, 0.15) is 10.6 Å². The van der Waals surface area contributed by atoms with Crippen LogP contribution in [-0.2, 0) is 0 Å². The number of hydrogen-bond acceptors (Lipinski definition) is 4. The fourth-order valence-electron chi connectivity index (χ4n) is 1.94. The van der Waals surface area contributed by atoms with Crippen LogP contribution in [-0.4, -0.2) is 9.97 Å². The third-order valence-corrected chi connectivity index (χ3v) is 3.91. The zero-order valence-corrected chi connectivity index (χ0v) is 12.2. The van der Waals surface area contributed by atoms with Gasteiger partial charge in [-0.3, -0.25) is 4.98 Å². The van der Waals surface area contributed by atoms with Gasteiger partial charge in [0.15, 0.2) is 0 Å². The second-order valence-electron chi connectivity index (χ2n) is 4.47. The summed E-state index contributed by atoms with van der Waals surface area (Å²) >= 11 is 1.36. The van der Waals surface area contributed by atoms with Crippen LogP contribution in [0.15, 0.2) is 54.2 Å². The van der Waals surface area contributed by atoms with Crippen molar-refractivity contribution in [3.63, 3.8) is 0 Å². The van der Waals surface area contributed by atoms with E-state index in [1.165, 1.54) is 23.5 Å². The van der Waals surface area contributed by atoms with E-state index in [4.69, 9.17) is 0 Å². The van der Waals surface area contributed by atoms with E-state index in [1.54, 1.807) is 30.6 Å². The summed E-state index contributed by atoms with van der Waals surface area (Å²) in [5.74, 6) is -0.360. The molecule has 0 N–H and O–H groups in total. The minimum absolute atomic E-state index is 0.343. The molecule has 22 heavy (non-hydrogen) atoms. The second-order valence-corrected chi connectivity index (χ2v) is 5.32. The Morgan fingerprint density at radius 3 is 2.68 bits per heavy atom. The van der Waals surface area contributed by atoms with E-state index in [0.29, 0.717) is 16.1 Å². The lowest BCUT2D eigenvalue weighted by Gasteiger charge is -1.97. The first-order valence-electron chi connectivity index (χ1n) is 6.50. The van der Waals surface area contributed by atoms with Crippen molar-refractivity contribution in [1.29, 1.82) is 5.26 Å². The average Bonchev–Trinajstić information content (AvgIpc) is 3.05. The predicted molar refractivity (Wildman–Crippen MR) is 85.2 cm³/mol. The topological polar surface area (TPSA) is 49.6 Å². The minimum Gasteiger partial charge on any atom is -0.265 e. The average molecular weight is 307 g/mol. The molecule has 0 aliphatic rings. The molecule has 0 bridgehead atoms. The van der Waals surface area contributed by atoms with Crippen LogP contribution in [0.25, 0.3) is 22.9 Å². The third kappa shape index (κ3) is 2.92. The largest absolute Gasteiger partial charge is 0.265 e. The smallest absolute Gasteiger partial charge is 0.134 e. The molecule has 5 heteroatoms. The summed E-state index contributed by atoms with van der Waals surface area (Å²) in [5, 5.41) is 11.8. The van der Waals surface area contributed by atoms with Crippen molar-refractivity contribution in [3.8, 4) is 17.3 Å². The molecule has 0 spiro atoms. The number of rotatable bonds is 3. The highest BCUT2D eigenvalue weighted by atomic mass is 32.1. The summed E-state index contributed by atoms with van der Waals surface area (Å²) in [6.07, 6.45) is 4.90. The first-order valence-corrected chi connectivity index (χ1v) is 7.38. The number of halogens is 1. The molecule has 0 unspecified atom stereocenters. The quantitative estimate of drug-likeness (QED) is 0.673. The third-order valence-electron chi connectivity index (χ3n) is 3.04. The van der Waals surface area contributed by atoms with Gasteiger partial charge in [-0.2, -0.15) is 5.26 Å². The molecule has 3 nitrogen and oxygen atoms in total. The first kappa shape index (κ1) is 14.1. The summed E-state index contributed by atoms with van der Waals surface area (Å²) < 4.78 is 13.7. The van der Waals surface area contributed by atoms with E-state index in [0.717, 1.165) is 11.3 Å². The lowest BCUT2D eigenvalue weighted by Crippen LogP contribution is -1.85. The van der Waals surface area contributed by atoms with Gasteiger partial charge in [0.2, 0.25) is 0 Å². The van der Waals surface area contributed by atoms with Gasteiger partial charge in [0, 0.05) is 28.9 Å². The molecule has 0 aliphatic heterocycles. The molecule has 0 fully saturated rings. The van der Waals surface area contributed by atoms with Crippen molar-refractivity contribution in [2.75, 3.05) is 0 Å². The molecular weight excluding hydrogens is 297 g/mol. The van der Waals surface area contributed by atoms with E-state index in [2.05, 4.69) is 16.0 Å². The summed E-state index contributed by atoms with van der Waals surface area (Å²) in [6.45, 7) is 0. The van der Waals surface area contributed by atoms with Crippen LogP contribution in [0, 0.1) is 17.1 Å². The zero-order valence-electron chi connectivity index (χ0n) is 11.4. The number of pyridine rings is 1. The number of benzene rings is 1. The Balaban J connectivity index is 1.98. The Bertz CT molecular complexity index is 863. The molecule has 2 heterocycles. The van der Waals surface area contributed by atoms with E-state index in [1.807, 2.05) is 17.5 Å². The summed E-state index contributed by atoms with van der Waals surface area (Å²) in [6, 6.07) is 12.1. The fraction of sp³-hybridized carbons (Fsp3) is 0. The molecule has 0 atom stereocenters. The molecular formula is C17H10FN3S. The van der Waals surface area contributed by atoms with E-state index in [9.17, 15) is 9.65 Å². The van der Waals surface area contributed by atoms with Gasteiger partial charge < -0.3 is 0 Å². The van der Waals surface area contributed by atoms with Crippen LogP contribution in [0.5, 0.6) is 0 Å². The number of nitriles is 1. The highest BCUT2D eigenvalue weighted by Crippen LogP contribution is 2.27. The Hall–Kier alpha value is -2.84. The predicted octanol–water partition coefficient (Wildman–Crippen LogP) is 4.41. The van der Waals surface area contributed by atoms with Crippen molar-refractivity contribution >= 4 is 23.0 Å². The van der Waals surface area contributed by atoms with E-state index in [-0.39, 0.29) is 5.82 Å². The lowest BCUT2D eigenvalue weighted by molar-refractivity contribution is 0.625. The number of aromatic nitrogens is 2. The summed E-state index contributed by atoms with van der Waals surface area (Å²) in [5.41, 5.74) is 2.42. The van der Waals surface area contributed by atoms with Crippen LogP contribution in [0.3, 0.4) is 0 Å². The van der Waals surface area contributed by atoms with Gasteiger partial charge in [-0.15, -0.1) is 11.3 Å². The fourth-order valence-corrected chi connectivity index (χ4v) is 2.74. The molecule has 1 aromatic carbocycles. The molecule has 0 aliphatic carbocycles. The molecule has 2 aromatic heterocycles. The van der Waals surface area contributed by atoms with Crippen molar-refractivity contribution in [3.05, 3.63) is 70.6 Å². The molecule has 0 amide bonds. The van der Waals surface area contributed by atoms with Gasteiger partial charge in [-0.1, -0.05) is 18.2 Å². The van der Waals surface area contributed by atoms with E-state index >= 15 is 0 Å². The maximum atomic E-state index is 13.7. The minimum atomic E-state index is -0.360. The van der Waals surface area contributed by atoms with Crippen molar-refractivity contribution in [1.82, 2.24) is 9.97 Å². The summed E-state index contributed by atoms with van der Waals surface area (Å²) in [4.78, 5) is 8.42. The molecule has 106 valence electrons. The van der Waals surface area contributed by atoms with Gasteiger partial charge >= 0.3 is 0 Å². The van der Waals surface area contributed by atoms with E-state index < -0.39 is 0 Å². The number of thiazole rings is 1. The van der Waals surface area contributed by atoms with Crippen LogP contribution >= 0.6 is 11.3 Å². The summed E-state index contributed by atoms with van der Waals surface area (Å²) in [7, 11) is 0. The van der Waals surface area contributed by atoms with Gasteiger partial charge in [0.1, 0.15) is 16.9 Å². The zero-order chi connectivity index (χ0) is 15.4. The van der Waals surface area contributed by atoms with Crippen molar-refractivity contribution in [2.45, 2.75) is 0 Å². The Kier molecular flexibility index (Phi) is 4.03. The van der Waals surface area contributed by atoms with Gasteiger partial charge in [0.05, 0.1) is 11.3 Å². The Morgan fingerprint density at radius 1 is 1.18 bits per heavy atom. The van der Waals surface area contributed by atoms with Crippen molar-refractivity contribution < 1.29 is 4.39 Å². The number of nitrogens with zero attached hydrogens (tertiary/aromatic N) is 3. The van der Waals surface area contributed by atoms with Crippen molar-refractivity contribution in [2.24, 2.45) is 0 Å². The standard InChI is InChI=1S/C17H10FN3S/c18-15-4-2-1-3-13(15)9-14(10-19)17-21-16(11-22-17)12-5-7-20-8-6-12/h1-9,11H. The highest BCUT2D eigenvalue weighted by Gasteiger charge is 2.10. The Morgan fingerprint density at radius 2 is 1.95 bits per heavy atom. The number of allylic oxidation sites excluding steroid dienone is 1. The van der Waals surface area contributed by atoms with Crippen LogP contribution < -0.4 is 0 Å². The first-order chi connectivity index (χ1) is 10.8. The lowest BCUT2D eigenvalue weighted by atomic mass is 10.1. The molecule has 0 saturated heterocycles. The molecule has 0 radical (unpaired) electrons. The number of hydrogen-bond donors (Lipinski definition) is 0. The normalized spacial score (nSPS) is 11.2. The maximum Gasteiger partial charge on any atom is 0.134 e. The Labute approximate surface area is 131 Å². The van der Waals surface area contributed by atoms with Crippen LogP contribution in [0.4, 0.5) is 4.39 Å². The van der Waals surface area contributed by atoms with Gasteiger partial charge in [-0.25, -0.2) is 9.37 Å². The molecule has 0 saturated carbocycles.